The van der Waals surface area contributed by atoms with E-state index in [-0.39, 0.29) is 0 Å². The molecule has 0 saturated carbocycles. The Balaban J connectivity index is 2.04. The Labute approximate surface area is 117 Å². The summed E-state index contributed by atoms with van der Waals surface area (Å²) < 4.78 is 28.3. The van der Waals surface area contributed by atoms with Gasteiger partial charge in [0, 0.05) is 23.1 Å². The molecule has 3 aromatic rings. The first-order chi connectivity index (χ1) is 9.60. The number of aryl methyl sites for hydroxylation is 1. The SMILES string of the molecule is Cc1c(Cc2ccc(F)cc2F)sc2ncc(C=O)n12. The summed E-state index contributed by atoms with van der Waals surface area (Å²) in [6, 6.07) is 3.55. The number of benzene rings is 1. The molecular weight excluding hydrogens is 282 g/mol. The summed E-state index contributed by atoms with van der Waals surface area (Å²) in [6.07, 6.45) is 2.60. The van der Waals surface area contributed by atoms with Crippen LogP contribution in [0.3, 0.4) is 0 Å². The van der Waals surface area contributed by atoms with Crippen molar-refractivity contribution in [3.63, 3.8) is 0 Å². The smallest absolute Gasteiger partial charge is 0.194 e. The average molecular weight is 292 g/mol. The Morgan fingerprint density at radius 1 is 1.40 bits per heavy atom. The van der Waals surface area contributed by atoms with E-state index < -0.39 is 11.6 Å². The third-order valence-electron chi connectivity index (χ3n) is 3.20. The third kappa shape index (κ3) is 2.02. The van der Waals surface area contributed by atoms with Crippen molar-refractivity contribution in [1.82, 2.24) is 9.38 Å². The second-order valence-electron chi connectivity index (χ2n) is 4.44. The maximum atomic E-state index is 13.7. The Kier molecular flexibility index (Phi) is 3.10. The highest BCUT2D eigenvalue weighted by Gasteiger charge is 2.15. The highest BCUT2D eigenvalue weighted by atomic mass is 32.1. The monoisotopic (exact) mass is 292 g/mol. The van der Waals surface area contributed by atoms with Crippen molar-refractivity contribution >= 4 is 22.6 Å². The first-order valence-corrected chi connectivity index (χ1v) is 6.76. The maximum absolute atomic E-state index is 13.7. The molecule has 0 radical (unpaired) electrons. The second-order valence-corrected chi connectivity index (χ2v) is 5.50. The van der Waals surface area contributed by atoms with Gasteiger partial charge >= 0.3 is 0 Å². The third-order valence-corrected chi connectivity index (χ3v) is 4.35. The number of carbonyl (C=O) groups is 1. The van der Waals surface area contributed by atoms with E-state index in [0.717, 1.165) is 22.9 Å². The minimum absolute atomic E-state index is 0.351. The van der Waals surface area contributed by atoms with Crippen LogP contribution in [0.1, 0.15) is 26.6 Å². The normalized spacial score (nSPS) is 11.2. The fourth-order valence-electron chi connectivity index (χ4n) is 2.15. The van der Waals surface area contributed by atoms with Gasteiger partial charge in [0.05, 0.1) is 6.20 Å². The van der Waals surface area contributed by atoms with E-state index in [0.29, 0.717) is 22.6 Å². The summed E-state index contributed by atoms with van der Waals surface area (Å²) in [5.74, 6) is -1.15. The van der Waals surface area contributed by atoms with E-state index in [1.165, 1.54) is 29.7 Å². The van der Waals surface area contributed by atoms with Gasteiger partial charge in [0.2, 0.25) is 0 Å². The lowest BCUT2D eigenvalue weighted by atomic mass is 10.1. The predicted octanol–water partition coefficient (Wildman–Crippen LogP) is 3.39. The van der Waals surface area contributed by atoms with Crippen LogP contribution in [0, 0.1) is 18.6 Å². The molecular formula is C14H10F2N2OS. The van der Waals surface area contributed by atoms with Crippen LogP contribution in [0.2, 0.25) is 0 Å². The van der Waals surface area contributed by atoms with Crippen molar-refractivity contribution in [2.24, 2.45) is 0 Å². The van der Waals surface area contributed by atoms with E-state index in [9.17, 15) is 13.6 Å². The van der Waals surface area contributed by atoms with Crippen LogP contribution in [-0.4, -0.2) is 15.7 Å². The van der Waals surface area contributed by atoms with E-state index in [1.54, 1.807) is 4.40 Å². The number of rotatable bonds is 3. The lowest BCUT2D eigenvalue weighted by molar-refractivity contribution is 0.111. The van der Waals surface area contributed by atoms with Gasteiger partial charge in [-0.25, -0.2) is 13.8 Å². The van der Waals surface area contributed by atoms with Gasteiger partial charge in [-0.15, -0.1) is 11.3 Å². The van der Waals surface area contributed by atoms with Crippen LogP contribution in [0.4, 0.5) is 8.78 Å². The number of aromatic nitrogens is 2. The standard InChI is InChI=1S/C14H10F2N2OS/c1-8-13(4-9-2-3-10(15)5-12(9)16)20-14-17-6-11(7-19)18(8)14/h2-3,5-7H,4H2,1H3. The van der Waals surface area contributed by atoms with Gasteiger partial charge in [0.1, 0.15) is 17.3 Å². The minimum atomic E-state index is -0.591. The fraction of sp³-hybridized carbons (Fsp3) is 0.143. The molecule has 20 heavy (non-hydrogen) atoms. The van der Waals surface area contributed by atoms with Crippen molar-refractivity contribution in [3.8, 4) is 0 Å². The molecule has 0 amide bonds. The number of halogens is 2. The minimum Gasteiger partial charge on any atom is -0.296 e. The molecule has 6 heteroatoms. The highest BCUT2D eigenvalue weighted by Crippen LogP contribution is 2.26. The number of hydrogen-bond acceptors (Lipinski definition) is 3. The first kappa shape index (κ1) is 12.9. The molecule has 1 aromatic carbocycles. The molecule has 0 atom stereocenters. The molecule has 3 rings (SSSR count). The number of imidazole rings is 1. The summed E-state index contributed by atoms with van der Waals surface area (Å²) in [5.41, 5.74) is 1.75. The number of fused-ring (bicyclic) bond motifs is 1. The van der Waals surface area contributed by atoms with Crippen molar-refractivity contribution < 1.29 is 13.6 Å². The second kappa shape index (κ2) is 4.79. The van der Waals surface area contributed by atoms with Gasteiger partial charge in [-0.3, -0.25) is 9.20 Å². The van der Waals surface area contributed by atoms with Gasteiger partial charge in [0.25, 0.3) is 0 Å². The van der Waals surface area contributed by atoms with E-state index in [4.69, 9.17) is 0 Å². The zero-order chi connectivity index (χ0) is 14.3. The van der Waals surface area contributed by atoms with Gasteiger partial charge in [-0.2, -0.15) is 0 Å². The lowest BCUT2D eigenvalue weighted by Gasteiger charge is -2.03. The number of hydrogen-bond donors (Lipinski definition) is 0. The van der Waals surface area contributed by atoms with Crippen molar-refractivity contribution in [2.75, 3.05) is 0 Å². The Hall–Kier alpha value is -2.08. The van der Waals surface area contributed by atoms with Crippen LogP contribution in [0.15, 0.2) is 24.4 Å². The lowest BCUT2D eigenvalue weighted by Crippen LogP contribution is -1.96. The molecule has 0 N–H and O–H groups in total. The van der Waals surface area contributed by atoms with Crippen LogP contribution < -0.4 is 0 Å². The molecule has 0 aliphatic rings. The van der Waals surface area contributed by atoms with Crippen molar-refractivity contribution in [1.29, 1.82) is 0 Å². The highest BCUT2D eigenvalue weighted by molar-refractivity contribution is 7.17. The van der Waals surface area contributed by atoms with E-state index >= 15 is 0 Å². The predicted molar refractivity (Wildman–Crippen MR) is 72.4 cm³/mol. The molecule has 2 heterocycles. The topological polar surface area (TPSA) is 34.4 Å². The molecule has 0 saturated heterocycles. The average Bonchev–Trinajstić information content (AvgIpc) is 2.94. The molecule has 0 aliphatic carbocycles. The van der Waals surface area contributed by atoms with Gasteiger partial charge in [-0.05, 0) is 18.6 Å². The number of nitrogens with zero attached hydrogens (tertiary/aromatic N) is 2. The Morgan fingerprint density at radius 2 is 2.20 bits per heavy atom. The zero-order valence-electron chi connectivity index (χ0n) is 10.6. The van der Waals surface area contributed by atoms with Crippen LogP contribution >= 0.6 is 11.3 Å². The molecule has 3 nitrogen and oxygen atoms in total. The molecule has 102 valence electrons. The fourth-order valence-corrected chi connectivity index (χ4v) is 3.28. The summed E-state index contributed by atoms with van der Waals surface area (Å²) in [6.45, 7) is 1.86. The largest absolute Gasteiger partial charge is 0.296 e. The summed E-state index contributed by atoms with van der Waals surface area (Å²) in [4.78, 5) is 16.7. The molecule has 0 unspecified atom stereocenters. The quantitative estimate of drug-likeness (QED) is 0.693. The first-order valence-electron chi connectivity index (χ1n) is 5.95. The molecule has 0 aliphatic heterocycles. The maximum Gasteiger partial charge on any atom is 0.194 e. The Bertz CT molecular complexity index is 807. The van der Waals surface area contributed by atoms with Crippen molar-refractivity contribution in [3.05, 3.63) is 57.9 Å². The molecule has 0 spiro atoms. The molecule has 0 bridgehead atoms. The Morgan fingerprint density at radius 3 is 2.90 bits per heavy atom. The van der Waals surface area contributed by atoms with Gasteiger partial charge in [0.15, 0.2) is 11.2 Å². The van der Waals surface area contributed by atoms with E-state index in [1.807, 2.05) is 6.92 Å². The number of aldehydes is 1. The van der Waals surface area contributed by atoms with Gasteiger partial charge < -0.3 is 0 Å². The van der Waals surface area contributed by atoms with Crippen LogP contribution in [0.5, 0.6) is 0 Å². The zero-order valence-corrected chi connectivity index (χ0v) is 11.4. The van der Waals surface area contributed by atoms with E-state index in [2.05, 4.69) is 4.98 Å². The summed E-state index contributed by atoms with van der Waals surface area (Å²) in [5, 5.41) is 0. The van der Waals surface area contributed by atoms with Gasteiger partial charge in [-0.1, -0.05) is 6.07 Å². The molecule has 0 fully saturated rings. The summed E-state index contributed by atoms with van der Waals surface area (Å²) >= 11 is 1.40. The van der Waals surface area contributed by atoms with Crippen LogP contribution in [0.25, 0.3) is 4.96 Å². The number of thiazole rings is 1. The van der Waals surface area contributed by atoms with Crippen LogP contribution in [-0.2, 0) is 6.42 Å². The molecule has 2 aromatic heterocycles. The van der Waals surface area contributed by atoms with Crippen molar-refractivity contribution in [2.45, 2.75) is 13.3 Å². The summed E-state index contributed by atoms with van der Waals surface area (Å²) in [7, 11) is 0. The number of carbonyl (C=O) groups excluding carboxylic acids is 1.